The third kappa shape index (κ3) is 11.9. The third-order valence-electron chi connectivity index (χ3n) is 1.01. The zero-order valence-electron chi connectivity index (χ0n) is 9.77. The van der Waals surface area contributed by atoms with E-state index in [9.17, 15) is 9.13 Å². The Morgan fingerprint density at radius 1 is 1.24 bits per heavy atom. The molecule has 0 saturated heterocycles. The van der Waals surface area contributed by atoms with Gasteiger partial charge in [0.05, 0.1) is 6.61 Å². The van der Waals surface area contributed by atoms with E-state index in [0.29, 0.717) is 0 Å². The van der Waals surface area contributed by atoms with Crippen molar-refractivity contribution in [3.63, 3.8) is 0 Å². The Morgan fingerprint density at radius 2 is 1.71 bits per heavy atom. The van der Waals surface area contributed by atoms with Crippen LogP contribution in [-0.2, 0) is 27.0 Å². The molecule has 7 N–H and O–H groups in total. The van der Waals surface area contributed by atoms with Gasteiger partial charge in [0.2, 0.25) is 0 Å². The van der Waals surface area contributed by atoms with E-state index in [2.05, 4.69) is 24.5 Å². The van der Waals surface area contributed by atoms with Gasteiger partial charge in [0.1, 0.15) is 0 Å². The van der Waals surface area contributed by atoms with E-state index in [4.69, 9.17) is 4.89 Å². The van der Waals surface area contributed by atoms with Crippen LogP contribution in [0.2, 0.25) is 0 Å². The second-order valence-electron chi connectivity index (χ2n) is 1.95. The average Bonchev–Trinajstić information content (AvgIpc) is 2.14. The number of phosphoric acid groups is 2. The van der Waals surface area contributed by atoms with Crippen molar-refractivity contribution in [3.05, 3.63) is 12.7 Å². The van der Waals surface area contributed by atoms with Gasteiger partial charge in [0.25, 0.3) is 0 Å². The minimum absolute atomic E-state index is 0. The van der Waals surface area contributed by atoms with Gasteiger partial charge in [-0.05, 0) is 0 Å². The van der Waals surface area contributed by atoms with Crippen LogP contribution < -0.4 is 12.3 Å². The maximum absolute atomic E-state index is 11.4. The summed E-state index contributed by atoms with van der Waals surface area (Å²) in [4.78, 5) is 8.84. The summed E-state index contributed by atoms with van der Waals surface area (Å²) in [7, 11) is -6.52. The molecule has 12 heteroatoms. The SMILES string of the molecule is C=CCOP(=O)(OC)OP(=O)(O)OC.N.N.[La]. The van der Waals surface area contributed by atoms with Crippen LogP contribution in [0.3, 0.4) is 0 Å². The van der Waals surface area contributed by atoms with Gasteiger partial charge in [-0.3, -0.25) is 13.6 Å². The second-order valence-corrected chi connectivity index (χ2v) is 5.42. The van der Waals surface area contributed by atoms with E-state index < -0.39 is 15.6 Å². The Hall–Kier alpha value is 1.11. The molecule has 17 heavy (non-hydrogen) atoms. The molecular formula is C5H18LaN2O7P2. The van der Waals surface area contributed by atoms with Crippen LogP contribution in [-0.4, -0.2) is 25.7 Å². The first kappa shape index (κ1) is 26.6. The van der Waals surface area contributed by atoms with Crippen LogP contribution in [0.25, 0.3) is 0 Å². The fourth-order valence-electron chi connectivity index (χ4n) is 0.413. The Labute approximate surface area is 128 Å². The standard InChI is InChI=1S/C5H12O7P2.La.2H3N/c1-4-5-11-14(8,10-3)12-13(6,7)9-2;;;/h4H,1,5H2,2-3H3,(H,6,7);;2*1H3. The van der Waals surface area contributed by atoms with Crippen LogP contribution in [0.4, 0.5) is 0 Å². The molecule has 0 rings (SSSR count). The van der Waals surface area contributed by atoms with Gasteiger partial charge in [-0.25, -0.2) is 9.13 Å². The van der Waals surface area contributed by atoms with Crippen LogP contribution in [0.5, 0.6) is 0 Å². The van der Waals surface area contributed by atoms with Crippen molar-refractivity contribution in [2.45, 2.75) is 0 Å². The zero-order chi connectivity index (χ0) is 11.2. The summed E-state index contributed by atoms with van der Waals surface area (Å²) in [6, 6.07) is 0. The van der Waals surface area contributed by atoms with Gasteiger partial charge in [-0.1, -0.05) is 6.08 Å². The van der Waals surface area contributed by atoms with E-state index in [1.807, 2.05) is 0 Å². The molecule has 0 aromatic carbocycles. The monoisotopic (exact) mass is 419 g/mol. The summed E-state index contributed by atoms with van der Waals surface area (Å²) < 4.78 is 39.4. The first-order valence-electron chi connectivity index (χ1n) is 3.40. The van der Waals surface area contributed by atoms with Crippen molar-refractivity contribution >= 4 is 15.6 Å². The molecule has 1 radical (unpaired) electrons. The first-order chi connectivity index (χ1) is 6.39. The Bertz CT molecular complexity index is 289. The summed E-state index contributed by atoms with van der Waals surface area (Å²) in [6.45, 7) is 3.15. The fourth-order valence-corrected chi connectivity index (χ4v) is 2.54. The molecule has 2 unspecified atom stereocenters. The van der Waals surface area contributed by atoms with Crippen molar-refractivity contribution in [1.82, 2.24) is 12.3 Å². The quantitative estimate of drug-likeness (QED) is 0.414. The molecule has 0 spiro atoms. The minimum Gasteiger partial charge on any atom is -0.344 e. The third-order valence-corrected chi connectivity index (χ3v) is 4.01. The zero-order valence-corrected chi connectivity index (χ0v) is 15.2. The molecule has 0 fully saturated rings. The maximum Gasteiger partial charge on any atom is 0.483 e. The number of hydrogen-bond acceptors (Lipinski definition) is 8. The van der Waals surface area contributed by atoms with Crippen LogP contribution in [0.1, 0.15) is 0 Å². The first-order valence-corrected chi connectivity index (χ1v) is 6.36. The van der Waals surface area contributed by atoms with Crippen molar-refractivity contribution in [2.75, 3.05) is 20.8 Å². The Kier molecular flexibility index (Phi) is 19.1. The van der Waals surface area contributed by atoms with Crippen LogP contribution in [0.15, 0.2) is 12.7 Å². The average molecular weight is 419 g/mol. The molecule has 0 aliphatic carbocycles. The maximum atomic E-state index is 11.4. The summed E-state index contributed by atoms with van der Waals surface area (Å²) in [5.74, 6) is 0. The molecule has 0 amide bonds. The molecule has 0 saturated carbocycles. The van der Waals surface area contributed by atoms with Gasteiger partial charge in [-0.2, -0.15) is 4.31 Å². The van der Waals surface area contributed by atoms with E-state index >= 15 is 0 Å². The van der Waals surface area contributed by atoms with E-state index in [1.165, 1.54) is 6.08 Å². The van der Waals surface area contributed by atoms with Gasteiger partial charge in [0, 0.05) is 49.8 Å². The largest absolute Gasteiger partial charge is 0.483 e. The van der Waals surface area contributed by atoms with Gasteiger partial charge in [0.15, 0.2) is 0 Å². The Balaban J connectivity index is -0.000000282. The van der Waals surface area contributed by atoms with Crippen LogP contribution in [0, 0.1) is 35.6 Å². The molecule has 103 valence electrons. The van der Waals surface area contributed by atoms with Gasteiger partial charge < -0.3 is 17.2 Å². The summed E-state index contributed by atoms with van der Waals surface area (Å²) in [5.41, 5.74) is 0. The molecule has 2 atom stereocenters. The summed E-state index contributed by atoms with van der Waals surface area (Å²) >= 11 is 0. The Morgan fingerprint density at radius 3 is 2.00 bits per heavy atom. The van der Waals surface area contributed by atoms with Crippen LogP contribution >= 0.6 is 15.6 Å². The minimum atomic E-state index is -4.40. The smallest absolute Gasteiger partial charge is 0.344 e. The molecule has 0 aromatic rings. The van der Waals surface area contributed by atoms with Crippen molar-refractivity contribution in [3.8, 4) is 0 Å². The number of phosphoric ester groups is 2. The second kappa shape index (κ2) is 12.2. The summed E-state index contributed by atoms with van der Waals surface area (Å²) in [5, 5.41) is 0. The van der Waals surface area contributed by atoms with Crippen molar-refractivity contribution in [2.24, 2.45) is 0 Å². The molecular weight excluding hydrogens is 401 g/mol. The topological polar surface area (TPSA) is 161 Å². The molecule has 0 aromatic heterocycles. The number of rotatable bonds is 7. The fraction of sp³-hybridized carbons (Fsp3) is 0.600. The molecule has 0 aliphatic heterocycles. The predicted octanol–water partition coefficient (Wildman–Crippen LogP) is 2.03. The predicted molar refractivity (Wildman–Crippen MR) is 58.7 cm³/mol. The van der Waals surface area contributed by atoms with E-state index in [0.717, 1.165) is 14.2 Å². The van der Waals surface area contributed by atoms with Crippen molar-refractivity contribution in [1.29, 1.82) is 0 Å². The van der Waals surface area contributed by atoms with E-state index in [-0.39, 0.29) is 54.5 Å². The molecule has 0 bridgehead atoms. The normalized spacial score (nSPS) is 16.2. The van der Waals surface area contributed by atoms with Crippen molar-refractivity contribution < 1.29 is 67.5 Å². The summed E-state index contributed by atoms with van der Waals surface area (Å²) in [6.07, 6.45) is 1.28. The van der Waals surface area contributed by atoms with Gasteiger partial charge >= 0.3 is 15.6 Å². The number of hydrogen-bond donors (Lipinski definition) is 3. The van der Waals surface area contributed by atoms with Gasteiger partial charge in [-0.15, -0.1) is 6.58 Å². The molecule has 0 aliphatic rings. The molecule has 0 heterocycles. The molecule has 9 nitrogen and oxygen atoms in total. The van der Waals surface area contributed by atoms with E-state index in [1.54, 1.807) is 0 Å².